The van der Waals surface area contributed by atoms with Crippen LogP contribution in [0.5, 0.6) is 0 Å². The molecule has 1 amide bonds. The fourth-order valence-electron chi connectivity index (χ4n) is 1.88. The first-order chi connectivity index (χ1) is 10.0. The maximum Gasteiger partial charge on any atom is 0.277 e. The minimum Gasteiger partial charge on any atom is -0.370 e. The highest BCUT2D eigenvalue weighted by Crippen LogP contribution is 2.19. The average Bonchev–Trinajstić information content (AvgIpc) is 2.89. The molecular weight excluding hydrogens is 290 g/mol. The van der Waals surface area contributed by atoms with E-state index in [9.17, 15) is 4.79 Å². The van der Waals surface area contributed by atoms with Crippen LogP contribution < -0.4 is 10.6 Å². The molecule has 0 atom stereocenters. The molecule has 0 unspecified atom stereocenters. The molecule has 2 rings (SSSR count). The van der Waals surface area contributed by atoms with E-state index in [4.69, 9.17) is 11.6 Å². The number of halogens is 1. The number of carbonyl (C=O) groups excluding carboxylic acids is 1. The second-order valence-electron chi connectivity index (χ2n) is 4.77. The first kappa shape index (κ1) is 15.3. The quantitative estimate of drug-likeness (QED) is 0.890. The summed E-state index contributed by atoms with van der Waals surface area (Å²) in [6.07, 6.45) is 1.64. The molecule has 21 heavy (non-hydrogen) atoms. The van der Waals surface area contributed by atoms with Gasteiger partial charge in [0.1, 0.15) is 17.3 Å². The Hall–Kier alpha value is -2.08. The van der Waals surface area contributed by atoms with Gasteiger partial charge in [-0.1, -0.05) is 11.6 Å². The Morgan fingerprint density at radius 3 is 2.81 bits per heavy atom. The fourth-order valence-corrected chi connectivity index (χ4v) is 2.07. The van der Waals surface area contributed by atoms with Crippen LogP contribution >= 0.6 is 11.6 Å². The predicted octanol–water partition coefficient (Wildman–Crippen LogP) is 3.20. The number of hydrogen-bond donors (Lipinski definition) is 2. The summed E-state index contributed by atoms with van der Waals surface area (Å²) in [6.45, 7) is 6.65. The van der Waals surface area contributed by atoms with Crippen molar-refractivity contribution in [2.75, 3.05) is 17.2 Å². The van der Waals surface area contributed by atoms with Gasteiger partial charge in [0.25, 0.3) is 5.91 Å². The zero-order valence-corrected chi connectivity index (χ0v) is 13.0. The molecule has 0 bridgehead atoms. The van der Waals surface area contributed by atoms with Crippen LogP contribution in [0.3, 0.4) is 0 Å². The second-order valence-corrected chi connectivity index (χ2v) is 5.17. The number of rotatable bonds is 5. The number of pyridine rings is 1. The van der Waals surface area contributed by atoms with Gasteiger partial charge < -0.3 is 10.6 Å². The molecule has 112 valence electrons. The summed E-state index contributed by atoms with van der Waals surface area (Å²) in [7, 11) is 0. The van der Waals surface area contributed by atoms with Gasteiger partial charge in [0.05, 0.1) is 11.2 Å². The molecule has 2 N–H and O–H groups in total. The van der Waals surface area contributed by atoms with Gasteiger partial charge >= 0.3 is 0 Å². The Morgan fingerprint density at radius 2 is 2.14 bits per heavy atom. The maximum absolute atomic E-state index is 12.3. The first-order valence-corrected chi connectivity index (χ1v) is 7.16. The maximum atomic E-state index is 12.3. The molecule has 0 aromatic carbocycles. The lowest BCUT2D eigenvalue weighted by Gasteiger charge is -2.12. The first-order valence-electron chi connectivity index (χ1n) is 6.78. The Balaban J connectivity index is 2.24. The molecule has 0 aliphatic carbocycles. The van der Waals surface area contributed by atoms with Crippen LogP contribution in [0.4, 0.5) is 11.6 Å². The van der Waals surface area contributed by atoms with Crippen molar-refractivity contribution >= 4 is 29.1 Å². The van der Waals surface area contributed by atoms with E-state index in [-0.39, 0.29) is 17.6 Å². The number of nitrogens with zero attached hydrogens (tertiary/aromatic N) is 3. The van der Waals surface area contributed by atoms with E-state index in [2.05, 4.69) is 20.7 Å². The van der Waals surface area contributed by atoms with Crippen LogP contribution in [0.1, 0.15) is 37.3 Å². The van der Waals surface area contributed by atoms with E-state index in [0.29, 0.717) is 16.7 Å². The van der Waals surface area contributed by atoms with Crippen LogP contribution in [-0.4, -0.2) is 27.2 Å². The summed E-state index contributed by atoms with van der Waals surface area (Å²) in [5, 5.41) is 10.3. The number of nitrogens with one attached hydrogen (secondary N) is 2. The number of hydrogen-bond acceptors (Lipinski definition) is 4. The van der Waals surface area contributed by atoms with Crippen LogP contribution in [0.25, 0.3) is 0 Å². The van der Waals surface area contributed by atoms with Crippen molar-refractivity contribution in [1.29, 1.82) is 0 Å². The van der Waals surface area contributed by atoms with E-state index in [0.717, 1.165) is 6.54 Å². The molecule has 0 aliphatic rings. The molecule has 2 aromatic rings. The van der Waals surface area contributed by atoms with Crippen molar-refractivity contribution in [2.24, 2.45) is 0 Å². The van der Waals surface area contributed by atoms with E-state index < -0.39 is 0 Å². The molecule has 6 nitrogen and oxygen atoms in total. The predicted molar refractivity (Wildman–Crippen MR) is 84.0 cm³/mol. The molecule has 0 aliphatic heterocycles. The van der Waals surface area contributed by atoms with Crippen LogP contribution in [-0.2, 0) is 0 Å². The van der Waals surface area contributed by atoms with Crippen molar-refractivity contribution in [1.82, 2.24) is 14.8 Å². The van der Waals surface area contributed by atoms with Crippen molar-refractivity contribution in [3.05, 3.63) is 35.1 Å². The van der Waals surface area contributed by atoms with Crippen LogP contribution in [0.2, 0.25) is 5.02 Å². The summed E-state index contributed by atoms with van der Waals surface area (Å²) >= 11 is 6.06. The van der Waals surface area contributed by atoms with Crippen LogP contribution in [0, 0.1) is 0 Å². The molecule has 2 heterocycles. The Morgan fingerprint density at radius 1 is 1.38 bits per heavy atom. The second kappa shape index (κ2) is 6.58. The minimum atomic E-state index is -0.359. The van der Waals surface area contributed by atoms with E-state index in [1.54, 1.807) is 29.1 Å². The van der Waals surface area contributed by atoms with Gasteiger partial charge in [-0.2, -0.15) is 5.10 Å². The standard InChI is InChI=1S/C14H18ClN5O/c1-4-16-11-6-5-10(15)13(18-11)14(21)19-12-7-8-17-20(12)9(2)3/h5-9H,4H2,1-3H3,(H,16,18)(H,19,21). The molecule has 7 heteroatoms. The third kappa shape index (κ3) is 3.52. The summed E-state index contributed by atoms with van der Waals surface area (Å²) in [6, 6.07) is 5.27. The Bertz CT molecular complexity index is 638. The number of aromatic nitrogens is 3. The van der Waals surface area contributed by atoms with Gasteiger partial charge in [-0.25, -0.2) is 9.67 Å². The average molecular weight is 308 g/mol. The zero-order chi connectivity index (χ0) is 15.4. The highest BCUT2D eigenvalue weighted by Gasteiger charge is 2.16. The van der Waals surface area contributed by atoms with Gasteiger partial charge in [0, 0.05) is 18.7 Å². The lowest BCUT2D eigenvalue weighted by Crippen LogP contribution is -2.18. The Kier molecular flexibility index (Phi) is 4.80. The highest BCUT2D eigenvalue weighted by molar-refractivity contribution is 6.34. The highest BCUT2D eigenvalue weighted by atomic mass is 35.5. The summed E-state index contributed by atoms with van der Waals surface area (Å²) < 4.78 is 1.72. The van der Waals surface area contributed by atoms with Crippen molar-refractivity contribution < 1.29 is 4.79 Å². The number of carbonyl (C=O) groups is 1. The SMILES string of the molecule is CCNc1ccc(Cl)c(C(=O)Nc2ccnn2C(C)C)n1. The zero-order valence-electron chi connectivity index (χ0n) is 12.2. The molecule has 0 spiro atoms. The van der Waals surface area contributed by atoms with Gasteiger partial charge in [-0.3, -0.25) is 4.79 Å². The van der Waals surface area contributed by atoms with Gasteiger partial charge in [0.2, 0.25) is 0 Å². The topological polar surface area (TPSA) is 71.8 Å². The normalized spacial score (nSPS) is 10.7. The minimum absolute atomic E-state index is 0.145. The lowest BCUT2D eigenvalue weighted by atomic mass is 10.3. The van der Waals surface area contributed by atoms with Gasteiger partial charge in [0.15, 0.2) is 0 Å². The van der Waals surface area contributed by atoms with Crippen LogP contribution in [0.15, 0.2) is 24.4 Å². The number of anilines is 2. The molecule has 0 radical (unpaired) electrons. The monoisotopic (exact) mass is 307 g/mol. The molecule has 0 fully saturated rings. The molecular formula is C14H18ClN5O. The Labute approximate surface area is 128 Å². The fraction of sp³-hybridized carbons (Fsp3) is 0.357. The molecule has 0 saturated carbocycles. The van der Waals surface area contributed by atoms with Gasteiger partial charge in [-0.05, 0) is 32.9 Å². The van der Waals surface area contributed by atoms with E-state index >= 15 is 0 Å². The van der Waals surface area contributed by atoms with E-state index in [1.807, 2.05) is 20.8 Å². The smallest absolute Gasteiger partial charge is 0.277 e. The molecule has 2 aromatic heterocycles. The third-order valence-corrected chi connectivity index (χ3v) is 3.13. The summed E-state index contributed by atoms with van der Waals surface area (Å²) in [5.41, 5.74) is 0.187. The van der Waals surface area contributed by atoms with Crippen molar-refractivity contribution in [2.45, 2.75) is 26.8 Å². The summed E-state index contributed by atoms with van der Waals surface area (Å²) in [4.78, 5) is 16.6. The third-order valence-electron chi connectivity index (χ3n) is 2.82. The van der Waals surface area contributed by atoms with Crippen molar-refractivity contribution in [3.63, 3.8) is 0 Å². The molecule has 0 saturated heterocycles. The largest absolute Gasteiger partial charge is 0.370 e. The summed E-state index contributed by atoms with van der Waals surface area (Å²) in [5.74, 6) is 0.869. The van der Waals surface area contributed by atoms with Gasteiger partial charge in [-0.15, -0.1) is 0 Å². The van der Waals surface area contributed by atoms with E-state index in [1.165, 1.54) is 0 Å². The van der Waals surface area contributed by atoms with Crippen molar-refractivity contribution in [3.8, 4) is 0 Å². The number of amides is 1. The lowest BCUT2D eigenvalue weighted by molar-refractivity contribution is 0.102.